The summed E-state index contributed by atoms with van der Waals surface area (Å²) < 4.78 is 5.24. The SMILES string of the molecule is CC/C(=C/C(C)(C)OC)CN. The summed E-state index contributed by atoms with van der Waals surface area (Å²) in [4.78, 5) is 0. The molecule has 0 heterocycles. The van der Waals surface area contributed by atoms with Crippen molar-refractivity contribution in [1.82, 2.24) is 0 Å². The van der Waals surface area contributed by atoms with Gasteiger partial charge in [0.15, 0.2) is 0 Å². The van der Waals surface area contributed by atoms with E-state index in [-0.39, 0.29) is 5.60 Å². The van der Waals surface area contributed by atoms with E-state index in [1.54, 1.807) is 7.11 Å². The predicted molar refractivity (Wildman–Crippen MR) is 48.5 cm³/mol. The highest BCUT2D eigenvalue weighted by Gasteiger charge is 2.12. The maximum Gasteiger partial charge on any atom is 0.0805 e. The summed E-state index contributed by atoms with van der Waals surface area (Å²) in [5.41, 5.74) is 6.59. The first-order valence-corrected chi connectivity index (χ1v) is 4.01. The third-order valence-corrected chi connectivity index (χ3v) is 1.79. The topological polar surface area (TPSA) is 35.2 Å². The van der Waals surface area contributed by atoms with E-state index < -0.39 is 0 Å². The van der Waals surface area contributed by atoms with Crippen LogP contribution in [0.25, 0.3) is 0 Å². The highest BCUT2D eigenvalue weighted by atomic mass is 16.5. The van der Waals surface area contributed by atoms with Crippen molar-refractivity contribution in [3.05, 3.63) is 11.6 Å². The van der Waals surface area contributed by atoms with Crippen molar-refractivity contribution < 1.29 is 4.74 Å². The molecular weight excluding hydrogens is 138 g/mol. The van der Waals surface area contributed by atoms with Gasteiger partial charge in [-0.25, -0.2) is 0 Å². The zero-order chi connectivity index (χ0) is 8.91. The minimum Gasteiger partial charge on any atom is -0.375 e. The Morgan fingerprint density at radius 3 is 2.36 bits per heavy atom. The first-order valence-electron chi connectivity index (χ1n) is 4.01. The Morgan fingerprint density at radius 2 is 2.09 bits per heavy atom. The third kappa shape index (κ3) is 4.17. The van der Waals surface area contributed by atoms with Gasteiger partial charge in [0.25, 0.3) is 0 Å². The van der Waals surface area contributed by atoms with Gasteiger partial charge in [-0.05, 0) is 20.3 Å². The fourth-order valence-electron chi connectivity index (χ4n) is 0.856. The molecule has 0 aliphatic heterocycles. The molecule has 0 aromatic rings. The molecule has 2 nitrogen and oxygen atoms in total. The lowest BCUT2D eigenvalue weighted by Gasteiger charge is -2.19. The fraction of sp³-hybridized carbons (Fsp3) is 0.778. The van der Waals surface area contributed by atoms with Crippen molar-refractivity contribution in [2.24, 2.45) is 5.73 Å². The molecule has 0 saturated heterocycles. The van der Waals surface area contributed by atoms with Gasteiger partial charge in [-0.3, -0.25) is 0 Å². The Balaban J connectivity index is 4.24. The number of nitrogens with two attached hydrogens (primary N) is 1. The van der Waals surface area contributed by atoms with Gasteiger partial charge in [0.1, 0.15) is 0 Å². The van der Waals surface area contributed by atoms with Gasteiger partial charge in [0.05, 0.1) is 5.60 Å². The maximum absolute atomic E-state index is 5.52. The number of hydrogen-bond donors (Lipinski definition) is 1. The average molecular weight is 157 g/mol. The van der Waals surface area contributed by atoms with Crippen LogP contribution in [0.3, 0.4) is 0 Å². The van der Waals surface area contributed by atoms with Crippen molar-refractivity contribution in [1.29, 1.82) is 0 Å². The number of ether oxygens (including phenoxy) is 1. The largest absolute Gasteiger partial charge is 0.375 e. The molecule has 0 radical (unpaired) electrons. The van der Waals surface area contributed by atoms with E-state index in [4.69, 9.17) is 10.5 Å². The van der Waals surface area contributed by atoms with E-state index in [1.807, 2.05) is 13.8 Å². The van der Waals surface area contributed by atoms with Crippen LogP contribution < -0.4 is 5.73 Å². The van der Waals surface area contributed by atoms with Crippen LogP contribution in [0.1, 0.15) is 27.2 Å². The standard InChI is InChI=1S/C9H19NO/c1-5-8(7-10)6-9(2,3)11-4/h6H,5,7,10H2,1-4H3/b8-6-. The van der Waals surface area contributed by atoms with Gasteiger partial charge >= 0.3 is 0 Å². The third-order valence-electron chi connectivity index (χ3n) is 1.79. The average Bonchev–Trinajstić information content (AvgIpc) is 2.00. The molecule has 0 saturated carbocycles. The van der Waals surface area contributed by atoms with Gasteiger partial charge in [0, 0.05) is 13.7 Å². The van der Waals surface area contributed by atoms with Crippen LogP contribution in [0.15, 0.2) is 11.6 Å². The number of methoxy groups -OCH3 is 1. The fourth-order valence-corrected chi connectivity index (χ4v) is 0.856. The van der Waals surface area contributed by atoms with Crippen LogP contribution in [0.4, 0.5) is 0 Å². The second kappa shape index (κ2) is 4.52. The van der Waals surface area contributed by atoms with E-state index in [0.717, 1.165) is 6.42 Å². The lowest BCUT2D eigenvalue weighted by atomic mass is 10.0. The molecular formula is C9H19NO. The van der Waals surface area contributed by atoms with E-state index in [0.29, 0.717) is 6.54 Å². The van der Waals surface area contributed by atoms with Gasteiger partial charge in [-0.15, -0.1) is 0 Å². The molecule has 2 N–H and O–H groups in total. The van der Waals surface area contributed by atoms with Crippen LogP contribution in [-0.4, -0.2) is 19.3 Å². The first kappa shape index (κ1) is 10.7. The van der Waals surface area contributed by atoms with Crippen molar-refractivity contribution >= 4 is 0 Å². The summed E-state index contributed by atoms with van der Waals surface area (Å²) in [7, 11) is 1.71. The van der Waals surface area contributed by atoms with Gasteiger partial charge in [0.2, 0.25) is 0 Å². The van der Waals surface area contributed by atoms with Crippen LogP contribution in [0.2, 0.25) is 0 Å². The summed E-state index contributed by atoms with van der Waals surface area (Å²) >= 11 is 0. The van der Waals surface area contributed by atoms with Crippen molar-refractivity contribution in [2.75, 3.05) is 13.7 Å². The van der Waals surface area contributed by atoms with E-state index in [2.05, 4.69) is 13.0 Å². The van der Waals surface area contributed by atoms with Crippen molar-refractivity contribution in [3.63, 3.8) is 0 Å². The Bertz CT molecular complexity index is 132. The Labute approximate surface area is 69.4 Å². The number of hydrogen-bond acceptors (Lipinski definition) is 2. The first-order chi connectivity index (χ1) is 5.05. The quantitative estimate of drug-likeness (QED) is 0.630. The molecule has 0 aromatic heterocycles. The highest BCUT2D eigenvalue weighted by Crippen LogP contribution is 2.13. The minimum atomic E-state index is -0.176. The Morgan fingerprint density at radius 1 is 1.55 bits per heavy atom. The van der Waals surface area contributed by atoms with E-state index in [1.165, 1.54) is 5.57 Å². The van der Waals surface area contributed by atoms with Crippen LogP contribution >= 0.6 is 0 Å². The maximum atomic E-state index is 5.52. The molecule has 0 aliphatic rings. The molecule has 66 valence electrons. The smallest absolute Gasteiger partial charge is 0.0805 e. The zero-order valence-corrected chi connectivity index (χ0v) is 7.98. The van der Waals surface area contributed by atoms with Crippen molar-refractivity contribution in [3.8, 4) is 0 Å². The minimum absolute atomic E-state index is 0.176. The summed E-state index contributed by atoms with van der Waals surface area (Å²) in [6, 6.07) is 0. The Hall–Kier alpha value is -0.340. The number of rotatable bonds is 4. The second-order valence-electron chi connectivity index (χ2n) is 3.17. The van der Waals surface area contributed by atoms with Gasteiger partial charge in [-0.2, -0.15) is 0 Å². The van der Waals surface area contributed by atoms with Crippen LogP contribution in [0, 0.1) is 0 Å². The summed E-state index contributed by atoms with van der Waals surface area (Å²) in [6.07, 6.45) is 3.09. The van der Waals surface area contributed by atoms with Crippen molar-refractivity contribution in [2.45, 2.75) is 32.8 Å². The highest BCUT2D eigenvalue weighted by molar-refractivity contribution is 5.09. The normalized spacial score (nSPS) is 13.7. The molecule has 0 atom stereocenters. The lowest BCUT2D eigenvalue weighted by molar-refractivity contribution is 0.0647. The molecule has 0 rings (SSSR count). The molecule has 0 amide bonds. The molecule has 0 unspecified atom stereocenters. The predicted octanol–water partition coefficient (Wildman–Crippen LogP) is 1.71. The molecule has 0 aliphatic carbocycles. The summed E-state index contributed by atoms with van der Waals surface area (Å²) in [6.45, 7) is 6.78. The molecule has 0 bridgehead atoms. The zero-order valence-electron chi connectivity index (χ0n) is 7.98. The molecule has 0 fully saturated rings. The summed E-state index contributed by atoms with van der Waals surface area (Å²) in [5, 5.41) is 0. The van der Waals surface area contributed by atoms with E-state index >= 15 is 0 Å². The molecule has 0 aromatic carbocycles. The van der Waals surface area contributed by atoms with Crippen LogP contribution in [0.5, 0.6) is 0 Å². The molecule has 11 heavy (non-hydrogen) atoms. The lowest BCUT2D eigenvalue weighted by Crippen LogP contribution is -2.21. The second-order valence-corrected chi connectivity index (χ2v) is 3.17. The van der Waals surface area contributed by atoms with Gasteiger partial charge < -0.3 is 10.5 Å². The van der Waals surface area contributed by atoms with Crippen LogP contribution in [-0.2, 0) is 4.74 Å². The monoisotopic (exact) mass is 157 g/mol. The molecule has 0 spiro atoms. The molecule has 2 heteroatoms. The van der Waals surface area contributed by atoms with Gasteiger partial charge in [-0.1, -0.05) is 18.6 Å². The summed E-state index contributed by atoms with van der Waals surface area (Å²) in [5.74, 6) is 0. The Kier molecular flexibility index (Phi) is 4.38. The van der Waals surface area contributed by atoms with E-state index in [9.17, 15) is 0 Å².